The highest BCUT2D eigenvalue weighted by Gasteiger charge is 2.28. The highest BCUT2D eigenvalue weighted by atomic mass is 32.2. The molecule has 0 aromatic heterocycles. The smallest absolute Gasteiger partial charge is 0.313 e. The zero-order valence-electron chi connectivity index (χ0n) is 12.1. The molecule has 0 heterocycles. The molecule has 0 saturated heterocycles. The Balaban J connectivity index is 1.62. The molecular formula is C16H22F3NS. The summed E-state index contributed by atoms with van der Waals surface area (Å²) < 4.78 is 36.6. The molecule has 0 spiro atoms. The van der Waals surface area contributed by atoms with Crippen molar-refractivity contribution in [3.63, 3.8) is 0 Å². The lowest BCUT2D eigenvalue weighted by Gasteiger charge is -2.10. The largest absolute Gasteiger partial charge is 0.446 e. The zero-order valence-corrected chi connectivity index (χ0v) is 12.9. The zero-order chi connectivity index (χ0) is 15.1. The van der Waals surface area contributed by atoms with Crippen LogP contribution in [-0.4, -0.2) is 12.1 Å². The first-order chi connectivity index (χ1) is 10.0. The Morgan fingerprint density at radius 3 is 2.38 bits per heavy atom. The van der Waals surface area contributed by atoms with E-state index >= 15 is 0 Å². The van der Waals surface area contributed by atoms with Gasteiger partial charge in [0.2, 0.25) is 0 Å². The second kappa shape index (κ2) is 8.08. The third-order valence-corrected chi connectivity index (χ3v) is 4.67. The van der Waals surface area contributed by atoms with Crippen molar-refractivity contribution in [2.45, 2.75) is 55.5 Å². The van der Waals surface area contributed by atoms with Gasteiger partial charge in [-0.05, 0) is 54.8 Å². The van der Waals surface area contributed by atoms with E-state index in [-0.39, 0.29) is 16.7 Å². The molecule has 0 aliphatic heterocycles. The van der Waals surface area contributed by atoms with E-state index in [9.17, 15) is 13.2 Å². The van der Waals surface area contributed by atoms with Gasteiger partial charge in [0, 0.05) is 11.4 Å². The topological polar surface area (TPSA) is 12.0 Å². The van der Waals surface area contributed by atoms with Crippen LogP contribution in [0.5, 0.6) is 0 Å². The summed E-state index contributed by atoms with van der Waals surface area (Å²) in [5.41, 5.74) is -3.18. The van der Waals surface area contributed by atoms with Crippen LogP contribution in [0.25, 0.3) is 0 Å². The molecule has 0 bridgehead atoms. The first kappa shape index (κ1) is 16.7. The maximum Gasteiger partial charge on any atom is 0.446 e. The second-order valence-electron chi connectivity index (χ2n) is 5.66. The average Bonchev–Trinajstić information content (AvgIpc) is 2.92. The van der Waals surface area contributed by atoms with Gasteiger partial charge in [-0.25, -0.2) is 0 Å². The van der Waals surface area contributed by atoms with E-state index in [1.54, 1.807) is 12.1 Å². The molecule has 0 amide bonds. The summed E-state index contributed by atoms with van der Waals surface area (Å²) >= 11 is -0.0649. The van der Waals surface area contributed by atoms with Crippen LogP contribution in [0.15, 0.2) is 29.2 Å². The molecule has 1 nitrogen and oxygen atoms in total. The number of hydrogen-bond donors (Lipinski definition) is 1. The Hall–Kier alpha value is -0.680. The van der Waals surface area contributed by atoms with Crippen LogP contribution < -0.4 is 5.32 Å². The summed E-state index contributed by atoms with van der Waals surface area (Å²) in [6, 6.07) is 6.59. The molecule has 118 valence electrons. The van der Waals surface area contributed by atoms with Gasteiger partial charge in [-0.3, -0.25) is 0 Å². The fraction of sp³-hybridized carbons (Fsp3) is 0.625. The third kappa shape index (κ3) is 6.74. The summed E-state index contributed by atoms with van der Waals surface area (Å²) in [6.07, 6.45) is 8.04. The number of benzene rings is 1. The highest BCUT2D eigenvalue weighted by molar-refractivity contribution is 8.00. The maximum absolute atomic E-state index is 12.2. The van der Waals surface area contributed by atoms with Crippen LogP contribution in [0.1, 0.15) is 44.1 Å². The van der Waals surface area contributed by atoms with Gasteiger partial charge >= 0.3 is 5.51 Å². The normalized spacial score (nSPS) is 16.5. The van der Waals surface area contributed by atoms with Gasteiger partial charge in [0.15, 0.2) is 0 Å². The van der Waals surface area contributed by atoms with E-state index in [0.717, 1.165) is 24.6 Å². The summed E-state index contributed by atoms with van der Waals surface area (Å²) in [5, 5.41) is 3.36. The van der Waals surface area contributed by atoms with Crippen molar-refractivity contribution in [3.05, 3.63) is 29.8 Å². The van der Waals surface area contributed by atoms with E-state index in [1.165, 1.54) is 50.7 Å². The van der Waals surface area contributed by atoms with Crippen molar-refractivity contribution in [1.82, 2.24) is 5.32 Å². The standard InChI is InChI=1S/C16H22F3NS/c17-16(18,19)21-15-9-7-14(8-10-15)12-20-11-3-6-13-4-1-2-5-13/h7-10,13,20H,1-6,11-12H2. The molecule has 0 radical (unpaired) electrons. The van der Waals surface area contributed by atoms with Crippen LogP contribution in [0, 0.1) is 5.92 Å². The first-order valence-corrected chi connectivity index (χ1v) is 8.40. The molecule has 1 aromatic rings. The van der Waals surface area contributed by atoms with Crippen molar-refractivity contribution in [1.29, 1.82) is 0 Å². The minimum Gasteiger partial charge on any atom is -0.313 e. The monoisotopic (exact) mass is 317 g/mol. The van der Waals surface area contributed by atoms with Gasteiger partial charge in [-0.1, -0.05) is 37.8 Å². The molecule has 0 unspecified atom stereocenters. The lowest BCUT2D eigenvalue weighted by Crippen LogP contribution is -2.15. The Morgan fingerprint density at radius 2 is 1.76 bits per heavy atom. The fourth-order valence-electron chi connectivity index (χ4n) is 2.86. The van der Waals surface area contributed by atoms with Gasteiger partial charge in [-0.15, -0.1) is 0 Å². The molecule has 1 fully saturated rings. The van der Waals surface area contributed by atoms with Gasteiger partial charge in [-0.2, -0.15) is 13.2 Å². The van der Waals surface area contributed by atoms with Crippen molar-refractivity contribution >= 4 is 11.8 Å². The lowest BCUT2D eigenvalue weighted by molar-refractivity contribution is -0.0328. The van der Waals surface area contributed by atoms with Crippen LogP contribution in [0.2, 0.25) is 0 Å². The number of nitrogens with one attached hydrogen (secondary N) is 1. The molecule has 1 aromatic carbocycles. The summed E-state index contributed by atoms with van der Waals surface area (Å²) in [4.78, 5) is 0.243. The Morgan fingerprint density at radius 1 is 1.10 bits per heavy atom. The van der Waals surface area contributed by atoms with Crippen LogP contribution in [0.3, 0.4) is 0 Å². The molecule has 1 aliphatic carbocycles. The first-order valence-electron chi connectivity index (χ1n) is 7.58. The van der Waals surface area contributed by atoms with Crippen molar-refractivity contribution in [2.24, 2.45) is 5.92 Å². The number of halogens is 3. The SMILES string of the molecule is FC(F)(F)Sc1ccc(CNCCCC2CCCC2)cc1. The van der Waals surface area contributed by atoms with Gasteiger partial charge < -0.3 is 5.32 Å². The Kier molecular flexibility index (Phi) is 6.42. The van der Waals surface area contributed by atoms with Crippen molar-refractivity contribution in [2.75, 3.05) is 6.54 Å². The van der Waals surface area contributed by atoms with E-state index in [0.29, 0.717) is 0 Å². The van der Waals surface area contributed by atoms with Gasteiger partial charge in [0.25, 0.3) is 0 Å². The number of alkyl halides is 3. The number of thioether (sulfide) groups is 1. The average molecular weight is 317 g/mol. The summed E-state index contributed by atoms with van der Waals surface area (Å²) in [7, 11) is 0. The molecule has 5 heteroatoms. The predicted molar refractivity (Wildman–Crippen MR) is 81.3 cm³/mol. The van der Waals surface area contributed by atoms with E-state index in [1.807, 2.05) is 0 Å². The fourth-order valence-corrected chi connectivity index (χ4v) is 3.40. The summed E-state index contributed by atoms with van der Waals surface area (Å²) in [6.45, 7) is 1.71. The van der Waals surface area contributed by atoms with Crippen molar-refractivity contribution < 1.29 is 13.2 Å². The van der Waals surface area contributed by atoms with Crippen LogP contribution in [-0.2, 0) is 6.54 Å². The number of rotatable bonds is 7. The Labute approximate surface area is 128 Å². The Bertz CT molecular complexity index is 411. The maximum atomic E-state index is 12.2. The predicted octanol–water partition coefficient (Wildman–Crippen LogP) is 5.36. The molecule has 1 saturated carbocycles. The van der Waals surface area contributed by atoms with Crippen LogP contribution in [0.4, 0.5) is 13.2 Å². The van der Waals surface area contributed by atoms with E-state index in [2.05, 4.69) is 5.32 Å². The molecular weight excluding hydrogens is 295 g/mol. The lowest BCUT2D eigenvalue weighted by atomic mass is 10.0. The molecule has 21 heavy (non-hydrogen) atoms. The highest BCUT2D eigenvalue weighted by Crippen LogP contribution is 2.36. The minimum absolute atomic E-state index is 0.0649. The van der Waals surface area contributed by atoms with Gasteiger partial charge in [0.05, 0.1) is 0 Å². The quantitative estimate of drug-likeness (QED) is 0.537. The van der Waals surface area contributed by atoms with E-state index in [4.69, 9.17) is 0 Å². The second-order valence-corrected chi connectivity index (χ2v) is 6.80. The van der Waals surface area contributed by atoms with Crippen molar-refractivity contribution in [3.8, 4) is 0 Å². The molecule has 0 atom stereocenters. The van der Waals surface area contributed by atoms with E-state index < -0.39 is 5.51 Å². The van der Waals surface area contributed by atoms with Gasteiger partial charge in [0.1, 0.15) is 0 Å². The third-order valence-electron chi connectivity index (χ3n) is 3.93. The number of hydrogen-bond acceptors (Lipinski definition) is 2. The molecule has 2 rings (SSSR count). The summed E-state index contributed by atoms with van der Waals surface area (Å²) in [5.74, 6) is 0.922. The van der Waals surface area contributed by atoms with Crippen LogP contribution >= 0.6 is 11.8 Å². The molecule has 1 aliphatic rings. The molecule has 1 N–H and O–H groups in total. The minimum atomic E-state index is -4.21.